The molecule has 2 N–H and O–H groups in total. The average Bonchev–Trinajstić information content (AvgIpc) is 2.83. The maximum atomic E-state index is 10.3. The molecule has 1 aromatic rings. The molecule has 0 aliphatic heterocycles. The van der Waals surface area contributed by atoms with Gasteiger partial charge in [-0.15, -0.1) is 0 Å². The summed E-state index contributed by atoms with van der Waals surface area (Å²) in [5.41, 5.74) is 0.131. The van der Waals surface area contributed by atoms with Crippen molar-refractivity contribution >= 4 is 0 Å². The Morgan fingerprint density at radius 1 is 1.28 bits per heavy atom. The Morgan fingerprint density at radius 3 is 2.61 bits per heavy atom. The lowest BCUT2D eigenvalue weighted by Gasteiger charge is -2.23. The Labute approximate surface area is 108 Å². The number of aliphatic hydroxyl groups excluding tert-OH is 1. The van der Waals surface area contributed by atoms with Crippen LogP contribution in [0.5, 0.6) is 5.75 Å². The quantitative estimate of drug-likeness (QED) is 0.845. The SMILES string of the molecule is CC[C@@H](O)c1ccccc1OCC1(O)CCCC1. The molecule has 0 aromatic heterocycles. The smallest absolute Gasteiger partial charge is 0.125 e. The van der Waals surface area contributed by atoms with Gasteiger partial charge < -0.3 is 14.9 Å². The van der Waals surface area contributed by atoms with Crippen molar-refractivity contribution in [2.24, 2.45) is 0 Å². The molecule has 1 saturated carbocycles. The van der Waals surface area contributed by atoms with Crippen LogP contribution in [0, 0.1) is 0 Å². The Balaban J connectivity index is 2.04. The molecule has 0 spiro atoms. The van der Waals surface area contributed by atoms with Crippen LogP contribution in [0.4, 0.5) is 0 Å². The molecule has 100 valence electrons. The average molecular weight is 250 g/mol. The van der Waals surface area contributed by atoms with E-state index in [1.165, 1.54) is 0 Å². The summed E-state index contributed by atoms with van der Waals surface area (Å²) >= 11 is 0. The second-order valence-electron chi connectivity index (χ2n) is 5.18. The Morgan fingerprint density at radius 2 is 1.94 bits per heavy atom. The van der Waals surface area contributed by atoms with E-state index in [1.54, 1.807) is 0 Å². The normalized spacial score (nSPS) is 19.7. The fourth-order valence-corrected chi connectivity index (χ4v) is 2.50. The first kappa shape index (κ1) is 13.4. The number of rotatable bonds is 5. The standard InChI is InChI=1S/C15H22O3/c1-2-13(16)12-7-3-4-8-14(12)18-11-15(17)9-5-6-10-15/h3-4,7-8,13,16-17H,2,5-6,9-11H2,1H3/t13-/m1/s1. The Bertz CT molecular complexity index is 383. The molecule has 1 aliphatic rings. The molecular weight excluding hydrogens is 228 g/mol. The van der Waals surface area contributed by atoms with Crippen molar-refractivity contribution in [3.8, 4) is 5.75 Å². The molecule has 1 fully saturated rings. The first-order valence-corrected chi connectivity index (χ1v) is 6.77. The highest BCUT2D eigenvalue weighted by atomic mass is 16.5. The Kier molecular flexibility index (Phi) is 4.25. The third kappa shape index (κ3) is 3.03. The molecule has 0 unspecified atom stereocenters. The zero-order valence-electron chi connectivity index (χ0n) is 10.9. The van der Waals surface area contributed by atoms with Gasteiger partial charge in [0.15, 0.2) is 0 Å². The molecule has 1 atom stereocenters. The van der Waals surface area contributed by atoms with E-state index in [-0.39, 0.29) is 0 Å². The number of hydrogen-bond acceptors (Lipinski definition) is 3. The monoisotopic (exact) mass is 250 g/mol. The molecule has 3 nitrogen and oxygen atoms in total. The molecule has 3 heteroatoms. The minimum Gasteiger partial charge on any atom is -0.490 e. The fraction of sp³-hybridized carbons (Fsp3) is 0.600. The van der Waals surface area contributed by atoms with E-state index in [0.717, 1.165) is 31.2 Å². The summed E-state index contributed by atoms with van der Waals surface area (Å²) in [6.45, 7) is 2.26. The zero-order valence-corrected chi connectivity index (χ0v) is 10.9. The Hall–Kier alpha value is -1.06. The summed E-state index contributed by atoms with van der Waals surface area (Å²) in [7, 11) is 0. The molecular formula is C15H22O3. The van der Waals surface area contributed by atoms with Crippen LogP contribution in [0.25, 0.3) is 0 Å². The lowest BCUT2D eigenvalue weighted by molar-refractivity contribution is 0.000339. The summed E-state index contributed by atoms with van der Waals surface area (Å²) in [5, 5.41) is 20.2. The summed E-state index contributed by atoms with van der Waals surface area (Å²) in [6, 6.07) is 7.51. The van der Waals surface area contributed by atoms with Crippen molar-refractivity contribution in [1.29, 1.82) is 0 Å². The third-order valence-electron chi connectivity index (χ3n) is 3.70. The highest BCUT2D eigenvalue weighted by molar-refractivity contribution is 5.35. The highest BCUT2D eigenvalue weighted by Gasteiger charge is 2.32. The number of hydrogen-bond donors (Lipinski definition) is 2. The molecule has 0 radical (unpaired) electrons. The highest BCUT2D eigenvalue weighted by Crippen LogP contribution is 2.32. The predicted molar refractivity (Wildman–Crippen MR) is 70.6 cm³/mol. The number of ether oxygens (including phenoxy) is 1. The first-order chi connectivity index (χ1) is 8.64. The topological polar surface area (TPSA) is 49.7 Å². The maximum absolute atomic E-state index is 10.3. The molecule has 18 heavy (non-hydrogen) atoms. The van der Waals surface area contributed by atoms with Crippen LogP contribution in [0.15, 0.2) is 24.3 Å². The second kappa shape index (κ2) is 5.72. The largest absolute Gasteiger partial charge is 0.490 e. The van der Waals surface area contributed by atoms with E-state index in [0.29, 0.717) is 18.8 Å². The van der Waals surface area contributed by atoms with Crippen LogP contribution < -0.4 is 4.74 Å². The van der Waals surface area contributed by atoms with E-state index in [4.69, 9.17) is 4.74 Å². The van der Waals surface area contributed by atoms with Gasteiger partial charge >= 0.3 is 0 Å². The van der Waals surface area contributed by atoms with Gasteiger partial charge in [0.1, 0.15) is 12.4 Å². The zero-order chi connectivity index (χ0) is 13.0. The van der Waals surface area contributed by atoms with Gasteiger partial charge in [0.2, 0.25) is 0 Å². The van der Waals surface area contributed by atoms with Crippen LogP contribution in [-0.2, 0) is 0 Å². The summed E-state index contributed by atoms with van der Waals surface area (Å²) in [4.78, 5) is 0. The van der Waals surface area contributed by atoms with Crippen molar-refractivity contribution < 1.29 is 14.9 Å². The molecule has 2 rings (SSSR count). The van der Waals surface area contributed by atoms with E-state index in [9.17, 15) is 10.2 Å². The van der Waals surface area contributed by atoms with E-state index in [2.05, 4.69) is 0 Å². The summed E-state index contributed by atoms with van der Waals surface area (Å²) < 4.78 is 5.74. The number of aliphatic hydroxyl groups is 2. The van der Waals surface area contributed by atoms with Gasteiger partial charge in [0, 0.05) is 5.56 Å². The van der Waals surface area contributed by atoms with Crippen LogP contribution in [-0.4, -0.2) is 22.4 Å². The van der Waals surface area contributed by atoms with Crippen LogP contribution in [0.1, 0.15) is 50.7 Å². The van der Waals surface area contributed by atoms with E-state index >= 15 is 0 Å². The van der Waals surface area contributed by atoms with Crippen molar-refractivity contribution in [3.63, 3.8) is 0 Å². The lowest BCUT2D eigenvalue weighted by Crippen LogP contribution is -2.32. The van der Waals surface area contributed by atoms with Crippen LogP contribution >= 0.6 is 0 Å². The van der Waals surface area contributed by atoms with E-state index in [1.807, 2.05) is 31.2 Å². The molecule has 1 aliphatic carbocycles. The van der Waals surface area contributed by atoms with Gasteiger partial charge in [-0.1, -0.05) is 38.0 Å². The molecule has 0 amide bonds. The second-order valence-corrected chi connectivity index (χ2v) is 5.18. The lowest BCUT2D eigenvalue weighted by atomic mass is 10.0. The van der Waals surface area contributed by atoms with Gasteiger partial charge in [-0.25, -0.2) is 0 Å². The number of benzene rings is 1. The van der Waals surface area contributed by atoms with Gasteiger partial charge in [-0.3, -0.25) is 0 Å². The summed E-state index contributed by atoms with van der Waals surface area (Å²) in [5.74, 6) is 0.687. The van der Waals surface area contributed by atoms with Gasteiger partial charge in [-0.2, -0.15) is 0 Å². The van der Waals surface area contributed by atoms with Crippen LogP contribution in [0.2, 0.25) is 0 Å². The predicted octanol–water partition coefficient (Wildman–Crippen LogP) is 2.81. The van der Waals surface area contributed by atoms with Crippen molar-refractivity contribution in [2.75, 3.05) is 6.61 Å². The van der Waals surface area contributed by atoms with Crippen molar-refractivity contribution in [1.82, 2.24) is 0 Å². The minimum absolute atomic E-state index is 0.320. The van der Waals surface area contributed by atoms with Crippen molar-refractivity contribution in [3.05, 3.63) is 29.8 Å². The summed E-state index contributed by atoms with van der Waals surface area (Å²) in [6.07, 6.45) is 3.92. The van der Waals surface area contributed by atoms with Crippen LogP contribution in [0.3, 0.4) is 0 Å². The third-order valence-corrected chi connectivity index (χ3v) is 3.70. The fourth-order valence-electron chi connectivity index (χ4n) is 2.50. The minimum atomic E-state index is -0.676. The van der Waals surface area contributed by atoms with Gasteiger partial charge in [-0.05, 0) is 25.3 Å². The molecule has 1 aromatic carbocycles. The van der Waals surface area contributed by atoms with Crippen molar-refractivity contribution in [2.45, 2.75) is 50.7 Å². The first-order valence-electron chi connectivity index (χ1n) is 6.77. The van der Waals surface area contributed by atoms with E-state index < -0.39 is 11.7 Å². The van der Waals surface area contributed by atoms with Gasteiger partial charge in [0.05, 0.1) is 11.7 Å². The maximum Gasteiger partial charge on any atom is 0.125 e. The molecule has 0 heterocycles. The van der Waals surface area contributed by atoms with Gasteiger partial charge in [0.25, 0.3) is 0 Å². The number of para-hydroxylation sites is 1. The molecule has 0 bridgehead atoms. The molecule has 0 saturated heterocycles.